The maximum atomic E-state index is 5.09. The molecule has 0 rings (SSSR count). The summed E-state index contributed by atoms with van der Waals surface area (Å²) in [5.41, 5.74) is 0.723. The van der Waals surface area contributed by atoms with Crippen LogP contribution < -0.4 is 0 Å². The lowest BCUT2D eigenvalue weighted by Gasteiger charge is -2.14. The maximum Gasteiger partial charge on any atom is 0.0135 e. The zero-order valence-electron chi connectivity index (χ0n) is 11.3. The highest BCUT2D eigenvalue weighted by molar-refractivity contribution is 4.88. The lowest BCUT2D eigenvalue weighted by atomic mass is 9.91. The summed E-state index contributed by atoms with van der Waals surface area (Å²) in [5, 5.41) is 0. The van der Waals surface area contributed by atoms with Gasteiger partial charge in [0.2, 0.25) is 0 Å². The van der Waals surface area contributed by atoms with E-state index in [1.807, 2.05) is 0 Å². The third-order valence-electron chi connectivity index (χ3n) is 1.65. The molecule has 0 saturated carbocycles. The van der Waals surface area contributed by atoms with Gasteiger partial charge in [-0.05, 0) is 17.3 Å². The summed E-state index contributed by atoms with van der Waals surface area (Å²) in [6.07, 6.45) is 13.1. The van der Waals surface area contributed by atoms with E-state index in [2.05, 4.69) is 53.4 Å². The van der Waals surface area contributed by atoms with E-state index in [9.17, 15) is 0 Å². The van der Waals surface area contributed by atoms with Crippen molar-refractivity contribution in [3.63, 3.8) is 0 Å². The molecule has 0 unspecified atom stereocenters. The van der Waals surface area contributed by atoms with Crippen molar-refractivity contribution < 1.29 is 0 Å². The van der Waals surface area contributed by atoms with Crippen LogP contribution in [0.3, 0.4) is 0 Å². The van der Waals surface area contributed by atoms with Gasteiger partial charge in [0.05, 0.1) is 0 Å². The molecule has 0 bridgehead atoms. The molecule has 0 spiro atoms. The summed E-state index contributed by atoms with van der Waals surface area (Å²) in [7, 11) is 0. The first kappa shape index (κ1) is 16.5. The molecule has 15 heavy (non-hydrogen) atoms. The van der Waals surface area contributed by atoms with E-state index in [1.54, 1.807) is 0 Å². The number of rotatable bonds is 1. The molecule has 0 aromatic heterocycles. The van der Waals surface area contributed by atoms with Crippen LogP contribution in [0.4, 0.5) is 0 Å². The van der Waals surface area contributed by atoms with E-state index < -0.39 is 0 Å². The van der Waals surface area contributed by atoms with E-state index in [1.165, 1.54) is 0 Å². The van der Waals surface area contributed by atoms with Gasteiger partial charge in [-0.15, -0.1) is 24.7 Å². The summed E-state index contributed by atoms with van der Waals surface area (Å²) < 4.78 is 0. The predicted molar refractivity (Wildman–Crippen MR) is 70.4 cm³/mol. The SMILES string of the molecule is C#CCC(C)(C)C.C#CCCC(C)(C)C. The van der Waals surface area contributed by atoms with Gasteiger partial charge >= 0.3 is 0 Å². The van der Waals surface area contributed by atoms with Crippen LogP contribution in [-0.4, -0.2) is 0 Å². The molecule has 0 atom stereocenters. The second-order valence-corrected chi connectivity index (χ2v) is 6.21. The van der Waals surface area contributed by atoms with Crippen molar-refractivity contribution in [3.8, 4) is 24.7 Å². The molecule has 0 amide bonds. The third-order valence-corrected chi connectivity index (χ3v) is 1.65. The van der Waals surface area contributed by atoms with Crippen LogP contribution in [0.15, 0.2) is 0 Å². The topological polar surface area (TPSA) is 0 Å². The second-order valence-electron chi connectivity index (χ2n) is 6.21. The first-order valence-electron chi connectivity index (χ1n) is 5.49. The predicted octanol–water partition coefficient (Wildman–Crippen LogP) is 4.50. The third kappa shape index (κ3) is 24.6. The fourth-order valence-corrected chi connectivity index (χ4v) is 0.753. The molecule has 0 aromatic carbocycles. The molecule has 0 saturated heterocycles. The smallest absolute Gasteiger partial charge is 0.0135 e. The Balaban J connectivity index is 0. The monoisotopic (exact) mass is 206 g/mol. The minimum atomic E-state index is 0.314. The van der Waals surface area contributed by atoms with Crippen molar-refractivity contribution in [2.24, 2.45) is 10.8 Å². The standard InChI is InChI=1S/C8H14.C7H12/c1-5-6-7-8(2,3)4;1-5-6-7(2,3)4/h1H,6-7H2,2-4H3;1H,6H2,2-4H3. The van der Waals surface area contributed by atoms with Gasteiger partial charge in [0, 0.05) is 12.8 Å². The molecule has 86 valence electrons. The van der Waals surface area contributed by atoms with Gasteiger partial charge in [-0.3, -0.25) is 0 Å². The molecule has 0 aliphatic heterocycles. The van der Waals surface area contributed by atoms with Gasteiger partial charge in [-0.2, -0.15) is 0 Å². The van der Waals surface area contributed by atoms with Crippen LogP contribution in [0, 0.1) is 35.5 Å². The molecule has 0 N–H and O–H groups in total. The Morgan fingerprint density at radius 2 is 1.27 bits per heavy atom. The molecule has 0 aromatic rings. The number of terminal acetylenes is 2. The van der Waals surface area contributed by atoms with E-state index in [-0.39, 0.29) is 0 Å². The highest BCUT2D eigenvalue weighted by Crippen LogP contribution is 2.19. The minimum absolute atomic E-state index is 0.314. The summed E-state index contributed by atoms with van der Waals surface area (Å²) in [6, 6.07) is 0. The molecule has 0 fully saturated rings. The van der Waals surface area contributed by atoms with E-state index in [0.717, 1.165) is 19.3 Å². The van der Waals surface area contributed by atoms with Crippen molar-refractivity contribution in [3.05, 3.63) is 0 Å². The van der Waals surface area contributed by atoms with Crippen molar-refractivity contribution in [1.82, 2.24) is 0 Å². The molecule has 0 nitrogen and oxygen atoms in total. The Bertz CT molecular complexity index is 219. The van der Waals surface area contributed by atoms with Crippen molar-refractivity contribution >= 4 is 0 Å². The van der Waals surface area contributed by atoms with Gasteiger partial charge in [-0.1, -0.05) is 41.5 Å². The average Bonchev–Trinajstić information content (AvgIpc) is 1.98. The fraction of sp³-hybridized carbons (Fsp3) is 0.733. The quantitative estimate of drug-likeness (QED) is 0.554. The highest BCUT2D eigenvalue weighted by atomic mass is 14.1. The first-order valence-corrected chi connectivity index (χ1v) is 5.49. The van der Waals surface area contributed by atoms with E-state index >= 15 is 0 Å². The zero-order chi connectivity index (χ0) is 12.5. The lowest BCUT2D eigenvalue weighted by molar-refractivity contribution is 0.384. The van der Waals surface area contributed by atoms with Crippen LogP contribution in [-0.2, 0) is 0 Å². The van der Waals surface area contributed by atoms with Gasteiger partial charge in [-0.25, -0.2) is 0 Å². The summed E-state index contributed by atoms with van der Waals surface area (Å²) in [4.78, 5) is 0. The molecule has 0 radical (unpaired) electrons. The largest absolute Gasteiger partial charge is 0.120 e. The van der Waals surface area contributed by atoms with Crippen molar-refractivity contribution in [1.29, 1.82) is 0 Å². The first-order chi connectivity index (χ1) is 6.62. The van der Waals surface area contributed by atoms with Crippen molar-refractivity contribution in [2.45, 2.75) is 60.8 Å². The zero-order valence-corrected chi connectivity index (χ0v) is 11.3. The van der Waals surface area contributed by atoms with Gasteiger partial charge < -0.3 is 0 Å². The van der Waals surface area contributed by atoms with Crippen LogP contribution in [0.25, 0.3) is 0 Å². The molecule has 0 heterocycles. The minimum Gasteiger partial charge on any atom is -0.120 e. The van der Waals surface area contributed by atoms with Crippen LogP contribution in [0.1, 0.15) is 60.8 Å². The van der Waals surface area contributed by atoms with Crippen LogP contribution in [0.5, 0.6) is 0 Å². The summed E-state index contributed by atoms with van der Waals surface area (Å²) in [5.74, 6) is 5.23. The number of hydrogen-bond acceptors (Lipinski definition) is 0. The average molecular weight is 206 g/mol. The second kappa shape index (κ2) is 7.42. The van der Waals surface area contributed by atoms with Gasteiger partial charge in [0.25, 0.3) is 0 Å². The molecular formula is C15H26. The Morgan fingerprint density at radius 3 is 1.33 bits per heavy atom. The van der Waals surface area contributed by atoms with E-state index in [0.29, 0.717) is 10.8 Å². The number of hydrogen-bond donors (Lipinski definition) is 0. The Morgan fingerprint density at radius 1 is 0.800 bits per heavy atom. The fourth-order valence-electron chi connectivity index (χ4n) is 0.753. The maximum absolute atomic E-state index is 5.09. The summed E-state index contributed by atoms with van der Waals surface area (Å²) >= 11 is 0. The molecule has 0 aliphatic carbocycles. The Labute approximate surface area is 96.9 Å². The molecule has 0 heteroatoms. The Hall–Kier alpha value is -0.880. The molecular weight excluding hydrogens is 180 g/mol. The van der Waals surface area contributed by atoms with Gasteiger partial charge in [0.15, 0.2) is 0 Å². The summed E-state index contributed by atoms with van der Waals surface area (Å²) in [6.45, 7) is 13.0. The Kier molecular flexibility index (Phi) is 8.18. The molecule has 0 aliphatic rings. The normalized spacial score (nSPS) is 10.7. The lowest BCUT2D eigenvalue weighted by Crippen LogP contribution is -2.02. The highest BCUT2D eigenvalue weighted by Gasteiger charge is 2.07. The van der Waals surface area contributed by atoms with Crippen LogP contribution >= 0.6 is 0 Å². The van der Waals surface area contributed by atoms with E-state index in [4.69, 9.17) is 12.8 Å². The van der Waals surface area contributed by atoms with Gasteiger partial charge in [0.1, 0.15) is 0 Å². The van der Waals surface area contributed by atoms with Crippen LogP contribution in [0.2, 0.25) is 0 Å². The van der Waals surface area contributed by atoms with Crippen molar-refractivity contribution in [2.75, 3.05) is 0 Å².